The molecule has 0 aromatic heterocycles. The fourth-order valence-corrected chi connectivity index (χ4v) is 2.48. The van der Waals surface area contributed by atoms with E-state index in [1.54, 1.807) is 18.2 Å². The predicted octanol–water partition coefficient (Wildman–Crippen LogP) is 0.375. The molecule has 7 heteroatoms. The number of rotatable bonds is 2. The second kappa shape index (κ2) is 5.18. The number of likely N-dealkylation sites (tertiary alicyclic amines) is 1. The minimum atomic E-state index is -0.588. The van der Waals surface area contributed by atoms with Crippen molar-refractivity contribution in [1.82, 2.24) is 4.90 Å². The van der Waals surface area contributed by atoms with Crippen LogP contribution in [0.5, 0.6) is 11.5 Å². The molecule has 0 spiro atoms. The number of hydrogen-bond acceptors (Lipinski definition) is 5. The highest BCUT2D eigenvalue weighted by atomic mass is 16.7. The fourth-order valence-electron chi connectivity index (χ4n) is 2.48. The number of aliphatic hydroxyl groups is 2. The van der Waals surface area contributed by atoms with Gasteiger partial charge in [0.1, 0.15) is 0 Å². The minimum absolute atomic E-state index is 0.161. The molecule has 1 aromatic carbocycles. The smallest absolute Gasteiger partial charge is 0.322 e. The molecule has 20 heavy (non-hydrogen) atoms. The van der Waals surface area contributed by atoms with Gasteiger partial charge in [-0.15, -0.1) is 0 Å². The van der Waals surface area contributed by atoms with E-state index < -0.39 is 6.10 Å². The topological polar surface area (TPSA) is 91.3 Å². The molecule has 3 N–H and O–H groups in total. The van der Waals surface area contributed by atoms with Gasteiger partial charge in [0.2, 0.25) is 6.79 Å². The number of nitrogens with one attached hydrogen (secondary N) is 1. The molecule has 1 saturated heterocycles. The van der Waals surface area contributed by atoms with Crippen molar-refractivity contribution in [1.29, 1.82) is 0 Å². The lowest BCUT2D eigenvalue weighted by molar-refractivity contribution is 0.164. The van der Waals surface area contributed by atoms with Crippen LogP contribution in [-0.4, -0.2) is 53.2 Å². The molecule has 0 unspecified atom stereocenters. The van der Waals surface area contributed by atoms with Gasteiger partial charge < -0.3 is 29.9 Å². The third-order valence-corrected chi connectivity index (χ3v) is 3.49. The van der Waals surface area contributed by atoms with Crippen molar-refractivity contribution >= 4 is 11.7 Å². The molecule has 1 fully saturated rings. The summed E-state index contributed by atoms with van der Waals surface area (Å²) in [6.07, 6.45) is -0.194. The highest BCUT2D eigenvalue weighted by molar-refractivity contribution is 5.90. The molecule has 2 heterocycles. The number of ether oxygens (including phenoxy) is 2. The summed E-state index contributed by atoms with van der Waals surface area (Å²) in [6, 6.07) is 4.42. The van der Waals surface area contributed by atoms with E-state index in [0.29, 0.717) is 23.6 Å². The number of hydrogen-bond donors (Lipinski definition) is 3. The van der Waals surface area contributed by atoms with Gasteiger partial charge in [0.05, 0.1) is 18.8 Å². The first-order valence-electron chi connectivity index (χ1n) is 6.43. The number of urea groups is 1. The number of carbonyl (C=O) groups is 1. The van der Waals surface area contributed by atoms with Crippen molar-refractivity contribution in [2.75, 3.05) is 25.3 Å². The van der Waals surface area contributed by atoms with Gasteiger partial charge in [-0.05, 0) is 18.6 Å². The zero-order valence-corrected chi connectivity index (χ0v) is 10.8. The standard InChI is InChI=1S/C13H16N2O5/c16-6-9-4-10(17)5-15(9)13(18)14-8-1-2-11-12(3-8)20-7-19-11/h1-3,9-10,16-17H,4-7H2,(H,14,18)/t9-,10-/m1/s1. The first kappa shape index (κ1) is 13.0. The van der Waals surface area contributed by atoms with Gasteiger partial charge in [-0.3, -0.25) is 0 Å². The van der Waals surface area contributed by atoms with Crippen molar-refractivity contribution in [2.24, 2.45) is 0 Å². The Bertz CT molecular complexity index is 521. The third kappa shape index (κ3) is 2.37. The predicted molar refractivity (Wildman–Crippen MR) is 69.8 cm³/mol. The Hall–Kier alpha value is -1.99. The Morgan fingerprint density at radius 1 is 1.40 bits per heavy atom. The molecule has 2 aliphatic heterocycles. The number of carbonyl (C=O) groups excluding carboxylic acids is 1. The maximum atomic E-state index is 12.2. The van der Waals surface area contributed by atoms with Crippen molar-refractivity contribution in [2.45, 2.75) is 18.6 Å². The van der Waals surface area contributed by atoms with E-state index in [0.717, 1.165) is 0 Å². The molecule has 0 aliphatic carbocycles. The quantitative estimate of drug-likeness (QED) is 0.728. The fraction of sp³-hybridized carbons (Fsp3) is 0.462. The van der Waals surface area contributed by atoms with Gasteiger partial charge in [0, 0.05) is 18.3 Å². The normalized spacial score (nSPS) is 24.0. The van der Waals surface area contributed by atoms with E-state index in [9.17, 15) is 15.0 Å². The summed E-state index contributed by atoms with van der Waals surface area (Å²) in [5.41, 5.74) is 0.581. The largest absolute Gasteiger partial charge is 0.454 e. The summed E-state index contributed by atoms with van der Waals surface area (Å²) in [5, 5.41) is 21.5. The van der Waals surface area contributed by atoms with Crippen LogP contribution < -0.4 is 14.8 Å². The van der Waals surface area contributed by atoms with Crippen molar-refractivity contribution in [3.8, 4) is 11.5 Å². The lowest BCUT2D eigenvalue weighted by Gasteiger charge is -2.23. The van der Waals surface area contributed by atoms with Gasteiger partial charge in [-0.2, -0.15) is 0 Å². The van der Waals surface area contributed by atoms with E-state index in [2.05, 4.69) is 5.32 Å². The van der Waals surface area contributed by atoms with Crippen LogP contribution in [0.2, 0.25) is 0 Å². The van der Waals surface area contributed by atoms with Crippen LogP contribution in [0, 0.1) is 0 Å². The van der Waals surface area contributed by atoms with Crippen LogP contribution in [0.1, 0.15) is 6.42 Å². The van der Waals surface area contributed by atoms with Crippen molar-refractivity contribution < 1.29 is 24.5 Å². The molecule has 108 valence electrons. The molecule has 0 bridgehead atoms. The number of amides is 2. The SMILES string of the molecule is O=C(Nc1ccc2c(c1)OCO2)N1C[C@H](O)C[C@@H]1CO. The Morgan fingerprint density at radius 2 is 2.20 bits per heavy atom. The molecular formula is C13H16N2O5. The second-order valence-corrected chi connectivity index (χ2v) is 4.88. The van der Waals surface area contributed by atoms with Crippen molar-refractivity contribution in [3.63, 3.8) is 0 Å². The Kier molecular flexibility index (Phi) is 3.37. The number of benzene rings is 1. The monoisotopic (exact) mass is 280 g/mol. The van der Waals surface area contributed by atoms with Crippen LogP contribution in [0.4, 0.5) is 10.5 Å². The summed E-state index contributed by atoms with van der Waals surface area (Å²) < 4.78 is 10.4. The van der Waals surface area contributed by atoms with E-state index in [-0.39, 0.29) is 32.0 Å². The third-order valence-electron chi connectivity index (χ3n) is 3.49. The number of aliphatic hydroxyl groups excluding tert-OH is 2. The van der Waals surface area contributed by atoms with E-state index >= 15 is 0 Å². The first-order chi connectivity index (χ1) is 9.67. The molecular weight excluding hydrogens is 264 g/mol. The van der Waals surface area contributed by atoms with Crippen LogP contribution in [0.25, 0.3) is 0 Å². The molecule has 2 atom stereocenters. The second-order valence-electron chi connectivity index (χ2n) is 4.88. The highest BCUT2D eigenvalue weighted by Crippen LogP contribution is 2.34. The van der Waals surface area contributed by atoms with Gasteiger partial charge in [0.15, 0.2) is 11.5 Å². The zero-order chi connectivity index (χ0) is 14.1. The summed E-state index contributed by atoms with van der Waals surface area (Å²) in [5.74, 6) is 1.23. The lowest BCUT2D eigenvalue weighted by Crippen LogP contribution is -2.40. The van der Waals surface area contributed by atoms with E-state index in [1.807, 2.05) is 0 Å². The van der Waals surface area contributed by atoms with Crippen LogP contribution in [-0.2, 0) is 0 Å². The van der Waals surface area contributed by atoms with Crippen molar-refractivity contribution in [3.05, 3.63) is 18.2 Å². The molecule has 1 aromatic rings. The average Bonchev–Trinajstić information content (AvgIpc) is 3.03. The molecule has 2 aliphatic rings. The number of β-amino-alcohol motifs (C(OH)–C–C–N with tert-alkyl or cyclic N) is 1. The van der Waals surface area contributed by atoms with Gasteiger partial charge in [0.25, 0.3) is 0 Å². The molecule has 3 rings (SSSR count). The van der Waals surface area contributed by atoms with E-state index in [4.69, 9.17) is 9.47 Å². The minimum Gasteiger partial charge on any atom is -0.454 e. The molecule has 7 nitrogen and oxygen atoms in total. The number of fused-ring (bicyclic) bond motifs is 1. The maximum absolute atomic E-state index is 12.2. The lowest BCUT2D eigenvalue weighted by atomic mass is 10.2. The number of nitrogens with zero attached hydrogens (tertiary/aromatic N) is 1. The molecule has 0 saturated carbocycles. The highest BCUT2D eigenvalue weighted by Gasteiger charge is 2.33. The van der Waals surface area contributed by atoms with Crippen LogP contribution in [0.15, 0.2) is 18.2 Å². The summed E-state index contributed by atoms with van der Waals surface area (Å²) in [6.45, 7) is 0.241. The Balaban J connectivity index is 1.69. The zero-order valence-electron chi connectivity index (χ0n) is 10.8. The van der Waals surface area contributed by atoms with E-state index in [1.165, 1.54) is 4.90 Å². The van der Waals surface area contributed by atoms with Crippen LogP contribution in [0.3, 0.4) is 0 Å². The Labute approximate surface area is 115 Å². The average molecular weight is 280 g/mol. The summed E-state index contributed by atoms with van der Waals surface area (Å²) in [7, 11) is 0. The van der Waals surface area contributed by atoms with Gasteiger partial charge >= 0.3 is 6.03 Å². The van der Waals surface area contributed by atoms with Crippen LogP contribution >= 0.6 is 0 Å². The van der Waals surface area contributed by atoms with Gasteiger partial charge in [-0.25, -0.2) is 4.79 Å². The number of anilines is 1. The van der Waals surface area contributed by atoms with Gasteiger partial charge in [-0.1, -0.05) is 0 Å². The molecule has 2 amide bonds. The summed E-state index contributed by atoms with van der Waals surface area (Å²) >= 11 is 0. The maximum Gasteiger partial charge on any atom is 0.322 e. The summed E-state index contributed by atoms with van der Waals surface area (Å²) in [4.78, 5) is 13.6. The first-order valence-corrected chi connectivity index (χ1v) is 6.43. The Morgan fingerprint density at radius 3 is 3.00 bits per heavy atom. The molecule has 0 radical (unpaired) electrons.